The summed E-state index contributed by atoms with van der Waals surface area (Å²) in [6.45, 7) is 4.31. The van der Waals surface area contributed by atoms with Gasteiger partial charge in [-0.2, -0.15) is 0 Å². The summed E-state index contributed by atoms with van der Waals surface area (Å²) in [5, 5.41) is 3.00. The molecule has 1 saturated heterocycles. The normalized spacial score (nSPS) is 23.3. The lowest BCUT2D eigenvalue weighted by Crippen LogP contribution is -2.37. The van der Waals surface area contributed by atoms with E-state index in [1.165, 1.54) is 0 Å². The van der Waals surface area contributed by atoms with Crippen LogP contribution in [0.4, 0.5) is 5.69 Å². The number of benzene rings is 1. The van der Waals surface area contributed by atoms with E-state index < -0.39 is 0 Å². The lowest BCUT2D eigenvalue weighted by atomic mass is 9.81. The first-order valence-corrected chi connectivity index (χ1v) is 9.50. The van der Waals surface area contributed by atoms with Crippen molar-refractivity contribution in [3.05, 3.63) is 24.3 Å². The molecule has 2 amide bonds. The third kappa shape index (κ3) is 4.33. The molecule has 1 aromatic rings. The molecule has 1 heterocycles. The first-order valence-electron chi connectivity index (χ1n) is 9.50. The van der Waals surface area contributed by atoms with Crippen LogP contribution >= 0.6 is 0 Å². The second kappa shape index (κ2) is 8.37. The summed E-state index contributed by atoms with van der Waals surface area (Å²) in [7, 11) is 0. The minimum absolute atomic E-state index is 0.0164. The van der Waals surface area contributed by atoms with Gasteiger partial charge in [-0.3, -0.25) is 9.59 Å². The number of hydrogen-bond acceptors (Lipinski definition) is 3. The van der Waals surface area contributed by atoms with Crippen molar-refractivity contribution < 1.29 is 14.3 Å². The predicted molar refractivity (Wildman–Crippen MR) is 97.5 cm³/mol. The molecule has 5 nitrogen and oxygen atoms in total. The molecule has 0 aromatic heterocycles. The molecule has 0 unspecified atom stereocenters. The van der Waals surface area contributed by atoms with E-state index in [2.05, 4.69) is 5.32 Å². The summed E-state index contributed by atoms with van der Waals surface area (Å²) in [6.07, 6.45) is 5.46. The third-order valence-electron chi connectivity index (χ3n) is 5.31. The molecule has 2 aliphatic rings. The van der Waals surface area contributed by atoms with E-state index in [4.69, 9.17) is 4.74 Å². The Morgan fingerprint density at radius 1 is 1.08 bits per heavy atom. The van der Waals surface area contributed by atoms with Crippen molar-refractivity contribution in [2.75, 3.05) is 25.0 Å². The molecule has 1 aromatic carbocycles. The molecule has 1 aliphatic heterocycles. The standard InChI is InChI=1S/C20H28N2O3/c1-2-25-18-8-4-3-7-17(18)21-19(23)15-9-11-16(12-10-15)20(24)22-13-5-6-14-22/h3-4,7-8,15-16H,2,5-6,9-14H2,1H3,(H,21,23). The molecule has 5 heteroatoms. The fraction of sp³-hybridized carbons (Fsp3) is 0.600. The highest BCUT2D eigenvalue weighted by molar-refractivity contribution is 5.94. The molecule has 136 valence electrons. The quantitative estimate of drug-likeness (QED) is 0.890. The van der Waals surface area contributed by atoms with Gasteiger partial charge < -0.3 is 15.0 Å². The van der Waals surface area contributed by atoms with E-state index >= 15 is 0 Å². The van der Waals surface area contributed by atoms with Gasteiger partial charge in [-0.25, -0.2) is 0 Å². The molecule has 0 atom stereocenters. The van der Waals surface area contributed by atoms with E-state index in [1.807, 2.05) is 36.1 Å². The number of carbonyl (C=O) groups excluding carboxylic acids is 2. The fourth-order valence-corrected chi connectivity index (χ4v) is 3.88. The average Bonchev–Trinajstić information content (AvgIpc) is 3.18. The van der Waals surface area contributed by atoms with Gasteiger partial charge in [0.05, 0.1) is 12.3 Å². The lowest BCUT2D eigenvalue weighted by molar-refractivity contribution is -0.136. The summed E-state index contributed by atoms with van der Waals surface area (Å²) < 4.78 is 5.57. The van der Waals surface area contributed by atoms with Gasteiger partial charge in [0.15, 0.2) is 0 Å². The molecule has 1 saturated carbocycles. The lowest BCUT2D eigenvalue weighted by Gasteiger charge is -2.30. The monoisotopic (exact) mass is 344 g/mol. The minimum Gasteiger partial charge on any atom is -0.492 e. The summed E-state index contributed by atoms with van der Waals surface area (Å²) in [5.74, 6) is 1.14. The van der Waals surface area contributed by atoms with Gasteiger partial charge in [-0.05, 0) is 57.6 Å². The average molecular weight is 344 g/mol. The van der Waals surface area contributed by atoms with Crippen LogP contribution in [0, 0.1) is 11.8 Å². The van der Waals surface area contributed by atoms with Gasteiger partial charge in [0.2, 0.25) is 11.8 Å². The Morgan fingerprint density at radius 2 is 1.72 bits per heavy atom. The van der Waals surface area contributed by atoms with E-state index in [1.54, 1.807) is 0 Å². The summed E-state index contributed by atoms with van der Waals surface area (Å²) in [6, 6.07) is 7.52. The van der Waals surface area contributed by atoms with E-state index in [0.717, 1.165) is 57.3 Å². The number of ether oxygens (including phenoxy) is 1. The first kappa shape index (κ1) is 17.8. The minimum atomic E-state index is -0.0164. The zero-order valence-corrected chi connectivity index (χ0v) is 15.0. The van der Waals surface area contributed by atoms with Crippen molar-refractivity contribution >= 4 is 17.5 Å². The van der Waals surface area contributed by atoms with Crippen molar-refractivity contribution in [3.8, 4) is 5.75 Å². The van der Waals surface area contributed by atoms with Crippen molar-refractivity contribution in [1.82, 2.24) is 4.90 Å². The number of hydrogen-bond donors (Lipinski definition) is 1. The van der Waals surface area contributed by atoms with E-state index in [0.29, 0.717) is 18.3 Å². The Hall–Kier alpha value is -2.04. The highest BCUT2D eigenvalue weighted by Crippen LogP contribution is 2.32. The fourth-order valence-electron chi connectivity index (χ4n) is 3.88. The van der Waals surface area contributed by atoms with Crippen molar-refractivity contribution in [2.24, 2.45) is 11.8 Å². The van der Waals surface area contributed by atoms with Crippen molar-refractivity contribution in [1.29, 1.82) is 0 Å². The smallest absolute Gasteiger partial charge is 0.227 e. The molecule has 1 aliphatic carbocycles. The van der Waals surface area contributed by atoms with Crippen LogP contribution in [0.25, 0.3) is 0 Å². The molecule has 0 spiro atoms. The Labute approximate surface area is 149 Å². The maximum absolute atomic E-state index is 12.6. The van der Waals surface area contributed by atoms with Gasteiger partial charge in [0, 0.05) is 24.9 Å². The number of amides is 2. The van der Waals surface area contributed by atoms with Gasteiger partial charge >= 0.3 is 0 Å². The van der Waals surface area contributed by atoms with Crippen LogP contribution in [0.3, 0.4) is 0 Å². The molecule has 1 N–H and O–H groups in total. The Bertz CT molecular complexity index is 603. The Kier molecular flexibility index (Phi) is 5.95. The highest BCUT2D eigenvalue weighted by atomic mass is 16.5. The third-order valence-corrected chi connectivity index (χ3v) is 5.31. The molecular formula is C20H28N2O3. The van der Waals surface area contributed by atoms with Crippen LogP contribution in [-0.4, -0.2) is 36.4 Å². The first-order chi connectivity index (χ1) is 12.2. The second-order valence-electron chi connectivity index (χ2n) is 7.00. The van der Waals surface area contributed by atoms with Crippen molar-refractivity contribution in [2.45, 2.75) is 45.4 Å². The van der Waals surface area contributed by atoms with Crippen molar-refractivity contribution in [3.63, 3.8) is 0 Å². The van der Waals surface area contributed by atoms with Gasteiger partial charge in [0.25, 0.3) is 0 Å². The number of rotatable bonds is 5. The van der Waals surface area contributed by atoms with Gasteiger partial charge in [-0.1, -0.05) is 12.1 Å². The zero-order valence-electron chi connectivity index (χ0n) is 15.0. The van der Waals surface area contributed by atoms with E-state index in [-0.39, 0.29) is 17.7 Å². The van der Waals surface area contributed by atoms with Crippen LogP contribution in [0.1, 0.15) is 45.4 Å². The highest BCUT2D eigenvalue weighted by Gasteiger charge is 2.33. The molecule has 25 heavy (non-hydrogen) atoms. The van der Waals surface area contributed by atoms with Gasteiger partial charge in [-0.15, -0.1) is 0 Å². The largest absolute Gasteiger partial charge is 0.492 e. The summed E-state index contributed by atoms with van der Waals surface area (Å²) in [4.78, 5) is 27.1. The number of nitrogens with one attached hydrogen (secondary N) is 1. The topological polar surface area (TPSA) is 58.6 Å². The van der Waals surface area contributed by atoms with Crippen LogP contribution in [0.2, 0.25) is 0 Å². The number of carbonyl (C=O) groups is 2. The van der Waals surface area contributed by atoms with Crippen LogP contribution in [-0.2, 0) is 9.59 Å². The Morgan fingerprint density at radius 3 is 2.40 bits per heavy atom. The maximum Gasteiger partial charge on any atom is 0.227 e. The SMILES string of the molecule is CCOc1ccccc1NC(=O)C1CCC(C(=O)N2CCCC2)CC1. The zero-order chi connectivity index (χ0) is 17.6. The van der Waals surface area contributed by atoms with E-state index in [9.17, 15) is 9.59 Å². The number of likely N-dealkylation sites (tertiary alicyclic amines) is 1. The van der Waals surface area contributed by atoms with Crippen LogP contribution in [0.5, 0.6) is 5.75 Å². The molecule has 0 bridgehead atoms. The number of nitrogens with zero attached hydrogens (tertiary/aromatic N) is 1. The Balaban J connectivity index is 1.52. The maximum atomic E-state index is 12.6. The van der Waals surface area contributed by atoms with Crippen LogP contribution in [0.15, 0.2) is 24.3 Å². The molecule has 3 rings (SSSR count). The molecule has 2 fully saturated rings. The second-order valence-corrected chi connectivity index (χ2v) is 7.00. The van der Waals surface area contributed by atoms with Crippen LogP contribution < -0.4 is 10.1 Å². The number of anilines is 1. The number of para-hydroxylation sites is 2. The summed E-state index contributed by atoms with van der Waals surface area (Å²) >= 11 is 0. The summed E-state index contributed by atoms with van der Waals surface area (Å²) in [5.41, 5.74) is 0.726. The van der Waals surface area contributed by atoms with Gasteiger partial charge in [0.1, 0.15) is 5.75 Å². The predicted octanol–water partition coefficient (Wildman–Crippen LogP) is 3.45. The molecular weight excluding hydrogens is 316 g/mol. The molecule has 0 radical (unpaired) electrons.